The maximum atomic E-state index is 12.4. The Morgan fingerprint density at radius 1 is 1.39 bits per heavy atom. The molecule has 0 fully saturated rings. The smallest absolute Gasteiger partial charge is 0.417 e. The van der Waals surface area contributed by atoms with E-state index in [1.807, 2.05) is 6.92 Å². The average Bonchev–Trinajstić information content (AvgIpc) is 2.88. The molecule has 2 heterocycles. The average molecular weight is 328 g/mol. The third kappa shape index (κ3) is 5.28. The van der Waals surface area contributed by atoms with E-state index in [1.54, 1.807) is 6.07 Å². The Morgan fingerprint density at radius 3 is 2.74 bits per heavy atom. The molecule has 124 valence electrons. The topological polar surface area (TPSA) is 79.9 Å². The first-order chi connectivity index (χ1) is 10.8. The van der Waals surface area contributed by atoms with E-state index < -0.39 is 11.7 Å². The van der Waals surface area contributed by atoms with Crippen LogP contribution in [0.1, 0.15) is 17.0 Å². The summed E-state index contributed by atoms with van der Waals surface area (Å²) < 4.78 is 42.2. The van der Waals surface area contributed by atoms with Gasteiger partial charge in [0.25, 0.3) is 0 Å². The van der Waals surface area contributed by atoms with Gasteiger partial charge < -0.3 is 10.1 Å². The summed E-state index contributed by atoms with van der Waals surface area (Å²) >= 11 is 0. The lowest BCUT2D eigenvalue weighted by atomic mass is 10.3. The highest BCUT2D eigenvalue weighted by Gasteiger charge is 2.30. The molecule has 2 aromatic heterocycles. The zero-order valence-corrected chi connectivity index (χ0v) is 12.3. The van der Waals surface area contributed by atoms with E-state index in [4.69, 9.17) is 4.74 Å². The van der Waals surface area contributed by atoms with E-state index in [0.29, 0.717) is 11.9 Å². The zero-order valence-electron chi connectivity index (χ0n) is 12.3. The van der Waals surface area contributed by atoms with Gasteiger partial charge in [0.05, 0.1) is 24.2 Å². The monoisotopic (exact) mass is 328 g/mol. The van der Waals surface area contributed by atoms with Gasteiger partial charge in [0.1, 0.15) is 6.61 Å². The van der Waals surface area contributed by atoms with Crippen LogP contribution in [0, 0.1) is 6.92 Å². The summed E-state index contributed by atoms with van der Waals surface area (Å²) in [6, 6.07) is 3.79. The van der Waals surface area contributed by atoms with Crippen LogP contribution in [0.3, 0.4) is 0 Å². The minimum absolute atomic E-state index is 0.0650. The second-order valence-electron chi connectivity index (χ2n) is 4.80. The van der Waals surface area contributed by atoms with Gasteiger partial charge in [0.2, 0.25) is 11.8 Å². The molecule has 0 aromatic carbocycles. The van der Waals surface area contributed by atoms with Crippen molar-refractivity contribution < 1.29 is 22.7 Å². The highest BCUT2D eigenvalue weighted by Crippen LogP contribution is 2.29. The molecule has 0 saturated heterocycles. The molecule has 0 aliphatic carbocycles. The second-order valence-corrected chi connectivity index (χ2v) is 4.80. The Labute approximate surface area is 130 Å². The summed E-state index contributed by atoms with van der Waals surface area (Å²) in [5.41, 5.74) is 0.655. The predicted molar refractivity (Wildman–Crippen MR) is 74.8 cm³/mol. The Morgan fingerprint density at radius 2 is 2.17 bits per heavy atom. The number of hydrogen-bond acceptors (Lipinski definition) is 4. The number of carbonyl (C=O) groups is 1. The number of halogens is 3. The van der Waals surface area contributed by atoms with E-state index >= 15 is 0 Å². The van der Waals surface area contributed by atoms with Gasteiger partial charge in [-0.2, -0.15) is 18.3 Å². The van der Waals surface area contributed by atoms with Crippen molar-refractivity contribution in [1.29, 1.82) is 0 Å². The molecule has 0 aliphatic rings. The maximum Gasteiger partial charge on any atom is 0.417 e. The minimum atomic E-state index is -4.43. The summed E-state index contributed by atoms with van der Waals surface area (Å²) in [5.74, 6) is -0.157. The number of rotatable bonds is 6. The van der Waals surface area contributed by atoms with Gasteiger partial charge in [-0.1, -0.05) is 0 Å². The lowest BCUT2D eigenvalue weighted by Gasteiger charge is -2.08. The SMILES string of the molecule is Cc1cc(CC(=O)NCCOc2ccc(C(F)(F)F)cn2)n[nH]1. The van der Waals surface area contributed by atoms with E-state index in [-0.39, 0.29) is 31.4 Å². The van der Waals surface area contributed by atoms with E-state index in [1.165, 1.54) is 0 Å². The van der Waals surface area contributed by atoms with Crippen LogP contribution in [0.4, 0.5) is 13.2 Å². The molecule has 0 unspecified atom stereocenters. The largest absolute Gasteiger partial charge is 0.476 e. The quantitative estimate of drug-likeness (QED) is 0.794. The van der Waals surface area contributed by atoms with Crippen LogP contribution in [-0.4, -0.2) is 34.2 Å². The Balaban J connectivity index is 1.70. The fourth-order valence-corrected chi connectivity index (χ4v) is 1.77. The molecule has 0 aliphatic heterocycles. The molecule has 1 amide bonds. The first kappa shape index (κ1) is 16.8. The van der Waals surface area contributed by atoms with Gasteiger partial charge in [0, 0.05) is 18.0 Å². The molecular formula is C14H15F3N4O2. The van der Waals surface area contributed by atoms with Gasteiger partial charge in [-0.05, 0) is 19.1 Å². The van der Waals surface area contributed by atoms with E-state index in [0.717, 1.165) is 17.8 Å². The number of amides is 1. The number of pyridine rings is 1. The van der Waals surface area contributed by atoms with Gasteiger partial charge in [-0.25, -0.2) is 4.98 Å². The fraction of sp³-hybridized carbons (Fsp3) is 0.357. The van der Waals surface area contributed by atoms with Crippen molar-refractivity contribution >= 4 is 5.91 Å². The number of nitrogens with one attached hydrogen (secondary N) is 2. The number of carbonyl (C=O) groups excluding carboxylic acids is 1. The molecule has 0 spiro atoms. The molecule has 23 heavy (non-hydrogen) atoms. The third-order valence-electron chi connectivity index (χ3n) is 2.84. The molecular weight excluding hydrogens is 313 g/mol. The molecule has 0 atom stereocenters. The van der Waals surface area contributed by atoms with Crippen LogP contribution < -0.4 is 10.1 Å². The van der Waals surface area contributed by atoms with Crippen LogP contribution in [0.5, 0.6) is 5.88 Å². The first-order valence-corrected chi connectivity index (χ1v) is 6.78. The molecule has 2 rings (SSSR count). The highest BCUT2D eigenvalue weighted by atomic mass is 19.4. The summed E-state index contributed by atoms with van der Waals surface area (Å²) in [4.78, 5) is 15.2. The normalized spacial score (nSPS) is 11.3. The minimum Gasteiger partial charge on any atom is -0.476 e. The molecule has 0 bridgehead atoms. The van der Waals surface area contributed by atoms with Crippen LogP contribution >= 0.6 is 0 Å². The van der Waals surface area contributed by atoms with Crippen LogP contribution in [0.25, 0.3) is 0 Å². The Kier molecular flexibility index (Phi) is 5.20. The predicted octanol–water partition coefficient (Wildman–Crippen LogP) is 1.87. The van der Waals surface area contributed by atoms with Gasteiger partial charge in [0.15, 0.2) is 0 Å². The zero-order chi connectivity index (χ0) is 16.9. The summed E-state index contributed by atoms with van der Waals surface area (Å²) in [5, 5.41) is 9.30. The standard InChI is InChI=1S/C14H15F3N4O2/c1-9-6-11(21-20-9)7-12(22)18-4-5-23-13-3-2-10(8-19-13)14(15,16)17/h2-3,6,8H,4-5,7H2,1H3,(H,18,22)(H,20,21). The molecule has 2 N–H and O–H groups in total. The molecule has 0 saturated carbocycles. The molecule has 0 radical (unpaired) electrons. The number of nitrogens with zero attached hydrogens (tertiary/aromatic N) is 2. The second kappa shape index (κ2) is 7.12. The van der Waals surface area contributed by atoms with Crippen molar-refractivity contribution in [2.24, 2.45) is 0 Å². The van der Waals surface area contributed by atoms with Crippen molar-refractivity contribution in [2.45, 2.75) is 19.5 Å². The van der Waals surface area contributed by atoms with Gasteiger partial charge in [-0.3, -0.25) is 9.89 Å². The summed E-state index contributed by atoms with van der Waals surface area (Å²) in [7, 11) is 0. The van der Waals surface area contributed by atoms with E-state index in [2.05, 4.69) is 20.5 Å². The Bertz CT molecular complexity index is 653. The van der Waals surface area contributed by atoms with Crippen molar-refractivity contribution in [3.05, 3.63) is 41.3 Å². The van der Waals surface area contributed by atoms with Crippen LogP contribution in [0.2, 0.25) is 0 Å². The lowest BCUT2D eigenvalue weighted by molar-refractivity contribution is -0.137. The van der Waals surface area contributed by atoms with E-state index in [9.17, 15) is 18.0 Å². The van der Waals surface area contributed by atoms with Gasteiger partial charge >= 0.3 is 6.18 Å². The lowest BCUT2D eigenvalue weighted by Crippen LogP contribution is -2.29. The number of hydrogen-bond donors (Lipinski definition) is 2. The van der Waals surface area contributed by atoms with Gasteiger partial charge in [-0.15, -0.1) is 0 Å². The van der Waals surface area contributed by atoms with Crippen molar-refractivity contribution in [3.63, 3.8) is 0 Å². The highest BCUT2D eigenvalue weighted by molar-refractivity contribution is 5.78. The maximum absolute atomic E-state index is 12.4. The number of aromatic amines is 1. The number of alkyl halides is 3. The number of H-pyrrole nitrogens is 1. The Hall–Kier alpha value is -2.58. The fourth-order valence-electron chi connectivity index (χ4n) is 1.77. The number of aryl methyl sites for hydroxylation is 1. The summed E-state index contributed by atoms with van der Waals surface area (Å²) in [6.07, 6.45) is -3.58. The first-order valence-electron chi connectivity index (χ1n) is 6.78. The molecule has 6 nitrogen and oxygen atoms in total. The molecule has 2 aromatic rings. The summed E-state index contributed by atoms with van der Waals surface area (Å²) in [6.45, 7) is 2.15. The van der Waals surface area contributed by atoms with Crippen molar-refractivity contribution in [2.75, 3.05) is 13.2 Å². The van der Waals surface area contributed by atoms with Crippen LogP contribution in [0.15, 0.2) is 24.4 Å². The number of ether oxygens (including phenoxy) is 1. The molecule has 9 heteroatoms. The van der Waals surface area contributed by atoms with Crippen molar-refractivity contribution in [1.82, 2.24) is 20.5 Å². The number of aromatic nitrogens is 3. The van der Waals surface area contributed by atoms with Crippen LogP contribution in [-0.2, 0) is 17.4 Å². The third-order valence-corrected chi connectivity index (χ3v) is 2.84. The van der Waals surface area contributed by atoms with Crippen molar-refractivity contribution in [3.8, 4) is 5.88 Å².